The second-order valence-corrected chi connectivity index (χ2v) is 6.85. The molecule has 0 spiro atoms. The van der Waals surface area contributed by atoms with Gasteiger partial charge in [0.1, 0.15) is 0 Å². The van der Waals surface area contributed by atoms with Crippen LogP contribution in [0.3, 0.4) is 0 Å². The highest BCUT2D eigenvalue weighted by Gasteiger charge is 2.05. The van der Waals surface area contributed by atoms with Gasteiger partial charge in [-0.15, -0.1) is 0 Å². The fraction of sp³-hybridized carbons (Fsp3) is 0.550. The SMILES string of the molecule is CCCCC(CC)COCCCNC(=O)C=CSc1ccccc1. The molecule has 1 aromatic carbocycles. The zero-order valence-electron chi connectivity index (χ0n) is 15.0. The Bertz CT molecular complexity index is 462. The molecule has 0 bridgehead atoms. The summed E-state index contributed by atoms with van der Waals surface area (Å²) in [5.74, 6) is 0.630. The number of benzene rings is 1. The second kappa shape index (κ2) is 14.1. The average Bonchev–Trinajstić information content (AvgIpc) is 2.61. The third-order valence-corrected chi connectivity index (χ3v) is 4.64. The molecule has 1 N–H and O–H groups in total. The molecule has 1 aromatic rings. The number of hydrogen-bond donors (Lipinski definition) is 1. The minimum absolute atomic E-state index is 0.0483. The van der Waals surface area contributed by atoms with Gasteiger partial charge in [-0.05, 0) is 36.3 Å². The molecule has 1 unspecified atom stereocenters. The van der Waals surface area contributed by atoms with Gasteiger partial charge in [-0.1, -0.05) is 63.1 Å². The highest BCUT2D eigenvalue weighted by atomic mass is 32.2. The number of thioether (sulfide) groups is 1. The first kappa shape index (κ1) is 20.8. The van der Waals surface area contributed by atoms with Gasteiger partial charge in [-0.3, -0.25) is 4.79 Å². The van der Waals surface area contributed by atoms with E-state index in [-0.39, 0.29) is 5.91 Å². The van der Waals surface area contributed by atoms with Crippen molar-refractivity contribution in [2.75, 3.05) is 19.8 Å². The van der Waals surface area contributed by atoms with Gasteiger partial charge in [0.15, 0.2) is 0 Å². The van der Waals surface area contributed by atoms with E-state index in [1.807, 2.05) is 35.7 Å². The highest BCUT2D eigenvalue weighted by molar-refractivity contribution is 8.02. The molecule has 0 saturated carbocycles. The van der Waals surface area contributed by atoms with Crippen LogP contribution < -0.4 is 5.32 Å². The van der Waals surface area contributed by atoms with Crippen molar-refractivity contribution in [2.24, 2.45) is 5.92 Å². The first-order valence-electron chi connectivity index (χ1n) is 9.00. The van der Waals surface area contributed by atoms with E-state index in [4.69, 9.17) is 4.74 Å². The largest absolute Gasteiger partial charge is 0.381 e. The monoisotopic (exact) mass is 349 g/mol. The number of carbonyl (C=O) groups is 1. The molecule has 4 heteroatoms. The van der Waals surface area contributed by atoms with Gasteiger partial charge in [-0.25, -0.2) is 0 Å². The zero-order chi connectivity index (χ0) is 17.5. The van der Waals surface area contributed by atoms with Crippen LogP contribution in [0.2, 0.25) is 0 Å². The van der Waals surface area contributed by atoms with Gasteiger partial charge in [0.2, 0.25) is 5.91 Å². The van der Waals surface area contributed by atoms with Crippen LogP contribution in [0.1, 0.15) is 46.0 Å². The second-order valence-electron chi connectivity index (χ2n) is 5.87. The number of nitrogens with one attached hydrogen (secondary N) is 1. The fourth-order valence-electron chi connectivity index (χ4n) is 2.27. The number of amides is 1. The third-order valence-electron chi connectivity index (χ3n) is 3.83. The van der Waals surface area contributed by atoms with Crippen molar-refractivity contribution in [3.05, 3.63) is 41.8 Å². The van der Waals surface area contributed by atoms with E-state index in [9.17, 15) is 4.79 Å². The first-order valence-corrected chi connectivity index (χ1v) is 9.88. The van der Waals surface area contributed by atoms with Gasteiger partial charge >= 0.3 is 0 Å². The molecular weight excluding hydrogens is 318 g/mol. The summed E-state index contributed by atoms with van der Waals surface area (Å²) in [4.78, 5) is 12.8. The van der Waals surface area contributed by atoms with Crippen LogP contribution in [0.4, 0.5) is 0 Å². The van der Waals surface area contributed by atoms with Crippen LogP contribution in [0.5, 0.6) is 0 Å². The maximum absolute atomic E-state index is 11.7. The van der Waals surface area contributed by atoms with Gasteiger partial charge in [0.25, 0.3) is 0 Å². The van der Waals surface area contributed by atoms with Crippen molar-refractivity contribution in [1.29, 1.82) is 0 Å². The Labute approximate surface area is 151 Å². The van der Waals surface area contributed by atoms with Crippen molar-refractivity contribution >= 4 is 17.7 Å². The van der Waals surface area contributed by atoms with Crippen LogP contribution >= 0.6 is 11.8 Å². The molecule has 0 saturated heterocycles. The molecule has 134 valence electrons. The van der Waals surface area contributed by atoms with Crippen molar-refractivity contribution < 1.29 is 9.53 Å². The Morgan fingerprint density at radius 2 is 2.04 bits per heavy atom. The number of unbranched alkanes of at least 4 members (excludes halogenated alkanes) is 1. The fourth-order valence-corrected chi connectivity index (χ4v) is 2.93. The zero-order valence-corrected chi connectivity index (χ0v) is 15.8. The van der Waals surface area contributed by atoms with Gasteiger partial charge in [0, 0.05) is 30.7 Å². The minimum atomic E-state index is -0.0483. The van der Waals surface area contributed by atoms with Crippen LogP contribution in [0, 0.1) is 5.92 Å². The summed E-state index contributed by atoms with van der Waals surface area (Å²) >= 11 is 1.54. The molecule has 0 aliphatic rings. The standard InChI is InChI=1S/C20H31NO2S/c1-3-5-10-18(4-2)17-23-15-9-14-21-20(22)13-16-24-19-11-7-6-8-12-19/h6-8,11-13,16,18H,3-5,9-10,14-15,17H2,1-2H3,(H,21,22). The number of carbonyl (C=O) groups excluding carboxylic acids is 1. The van der Waals surface area contributed by atoms with E-state index in [1.165, 1.54) is 25.7 Å². The predicted molar refractivity (Wildman–Crippen MR) is 103 cm³/mol. The summed E-state index contributed by atoms with van der Waals surface area (Å²) in [5, 5.41) is 4.71. The predicted octanol–water partition coefficient (Wildman–Crippen LogP) is 5.03. The molecule has 3 nitrogen and oxygen atoms in total. The lowest BCUT2D eigenvalue weighted by molar-refractivity contribution is -0.116. The smallest absolute Gasteiger partial charge is 0.244 e. The topological polar surface area (TPSA) is 38.3 Å². The Morgan fingerprint density at radius 3 is 2.75 bits per heavy atom. The summed E-state index contributed by atoms with van der Waals surface area (Å²) < 4.78 is 5.73. The molecule has 1 rings (SSSR count). The normalized spacial score (nSPS) is 12.4. The molecule has 1 atom stereocenters. The van der Waals surface area contributed by atoms with E-state index < -0.39 is 0 Å². The third kappa shape index (κ3) is 10.5. The first-order chi connectivity index (χ1) is 11.8. The Morgan fingerprint density at radius 1 is 1.25 bits per heavy atom. The van der Waals surface area contributed by atoms with Crippen molar-refractivity contribution in [1.82, 2.24) is 5.32 Å². The maximum Gasteiger partial charge on any atom is 0.244 e. The van der Waals surface area contributed by atoms with Crippen molar-refractivity contribution in [2.45, 2.75) is 50.8 Å². The maximum atomic E-state index is 11.7. The van der Waals surface area contributed by atoms with Crippen LogP contribution in [-0.4, -0.2) is 25.7 Å². The summed E-state index contributed by atoms with van der Waals surface area (Å²) in [6.07, 6.45) is 7.41. The van der Waals surface area contributed by atoms with Crippen LogP contribution in [-0.2, 0) is 9.53 Å². The van der Waals surface area contributed by atoms with Crippen LogP contribution in [0.25, 0.3) is 0 Å². The summed E-state index contributed by atoms with van der Waals surface area (Å²) in [5.41, 5.74) is 0. The summed E-state index contributed by atoms with van der Waals surface area (Å²) in [7, 11) is 0. The molecule has 0 heterocycles. The molecule has 24 heavy (non-hydrogen) atoms. The van der Waals surface area contributed by atoms with Crippen LogP contribution in [0.15, 0.2) is 46.7 Å². The number of ether oxygens (including phenoxy) is 1. The lowest BCUT2D eigenvalue weighted by Gasteiger charge is -2.14. The van der Waals surface area contributed by atoms with Crippen molar-refractivity contribution in [3.8, 4) is 0 Å². The van der Waals surface area contributed by atoms with E-state index in [0.717, 1.165) is 17.9 Å². The van der Waals surface area contributed by atoms with Gasteiger partial charge in [0.05, 0.1) is 0 Å². The Kier molecular flexibility index (Phi) is 12.2. The Hall–Kier alpha value is -1.26. The quantitative estimate of drug-likeness (QED) is 0.308. The van der Waals surface area contributed by atoms with Gasteiger partial charge in [-0.2, -0.15) is 0 Å². The number of rotatable bonds is 13. The average molecular weight is 350 g/mol. The van der Waals surface area contributed by atoms with Crippen molar-refractivity contribution in [3.63, 3.8) is 0 Å². The van der Waals surface area contributed by atoms with E-state index in [0.29, 0.717) is 19.1 Å². The Balaban J connectivity index is 2.03. The summed E-state index contributed by atoms with van der Waals surface area (Å²) in [6, 6.07) is 10.0. The van der Waals surface area contributed by atoms with Gasteiger partial charge < -0.3 is 10.1 Å². The minimum Gasteiger partial charge on any atom is -0.381 e. The molecule has 0 aromatic heterocycles. The number of hydrogen-bond acceptors (Lipinski definition) is 3. The van der Waals surface area contributed by atoms with E-state index in [1.54, 1.807) is 17.8 Å². The van der Waals surface area contributed by atoms with E-state index in [2.05, 4.69) is 19.2 Å². The molecular formula is C20H31NO2S. The summed E-state index contributed by atoms with van der Waals surface area (Å²) in [6.45, 7) is 6.67. The molecule has 0 aliphatic carbocycles. The lowest BCUT2D eigenvalue weighted by atomic mass is 10.0. The lowest BCUT2D eigenvalue weighted by Crippen LogP contribution is -2.23. The molecule has 0 fully saturated rings. The van der Waals surface area contributed by atoms with E-state index >= 15 is 0 Å². The molecule has 0 radical (unpaired) electrons. The highest BCUT2D eigenvalue weighted by Crippen LogP contribution is 2.17. The molecule has 1 amide bonds. The molecule has 0 aliphatic heterocycles.